The third-order valence-electron chi connectivity index (χ3n) is 12.6. The number of morpholine rings is 1. The highest BCUT2D eigenvalue weighted by Gasteiger charge is 2.28. The topological polar surface area (TPSA) is 88.1 Å². The van der Waals surface area contributed by atoms with E-state index in [1.165, 1.54) is 67.5 Å². The number of benzene rings is 2. The minimum atomic E-state index is 0.128. The number of pyridine rings is 3. The molecule has 1 fully saturated rings. The minimum absolute atomic E-state index is 0.128. The summed E-state index contributed by atoms with van der Waals surface area (Å²) in [6.45, 7) is 22.9. The molecule has 5 aromatic rings. The van der Waals surface area contributed by atoms with Crippen molar-refractivity contribution in [2.24, 2.45) is 0 Å². The Hall–Kier alpha value is -4.63. The van der Waals surface area contributed by atoms with Crippen molar-refractivity contribution in [1.29, 1.82) is 0 Å². The van der Waals surface area contributed by atoms with Crippen molar-refractivity contribution in [2.75, 3.05) is 51.5 Å². The van der Waals surface area contributed by atoms with Crippen molar-refractivity contribution < 1.29 is 23.7 Å². The standard InChI is InChI=1S/C20H26N2O2.C18H23NO.C12H15NO2/c1-20(2,3)14-6-7-17-16(13-14)18(22-8-11-23-12-9-22)15-5-4-10-24-19(15)21-17;1-11-6-8-14-12(2)15-10-13(18(3,4)5)7-9-16(15)19-17(14)20-11;1-14-11-8-4-2-6-10(8)13-12-9(11)5-3-7-15-12/h6-7,13H,4-5,8-12H2,1-3H3;7,9-11H,6,8H2,1-5H3;2-7H2,1H3. The summed E-state index contributed by atoms with van der Waals surface area (Å²) < 4.78 is 28.5. The van der Waals surface area contributed by atoms with Gasteiger partial charge in [0.05, 0.1) is 67.6 Å². The monoisotopic (exact) mass is 800 g/mol. The molecule has 1 unspecified atom stereocenters. The van der Waals surface area contributed by atoms with Gasteiger partial charge in [-0.2, -0.15) is 0 Å². The number of aryl methyl sites for hydroxylation is 2. The van der Waals surface area contributed by atoms with Crippen LogP contribution in [0.1, 0.15) is 119 Å². The van der Waals surface area contributed by atoms with Gasteiger partial charge in [0.15, 0.2) is 0 Å². The number of nitrogens with zero attached hydrogens (tertiary/aromatic N) is 4. The molecule has 2 aromatic carbocycles. The molecule has 0 bridgehead atoms. The van der Waals surface area contributed by atoms with Gasteiger partial charge in [0.2, 0.25) is 17.6 Å². The van der Waals surface area contributed by atoms with Crippen LogP contribution in [0.25, 0.3) is 21.8 Å². The highest BCUT2D eigenvalue weighted by atomic mass is 16.5. The van der Waals surface area contributed by atoms with E-state index in [4.69, 9.17) is 33.7 Å². The molecule has 59 heavy (non-hydrogen) atoms. The molecule has 1 aliphatic carbocycles. The maximum atomic E-state index is 5.91. The summed E-state index contributed by atoms with van der Waals surface area (Å²) in [6, 6.07) is 13.3. The lowest BCUT2D eigenvalue weighted by molar-refractivity contribution is 0.122. The SMILES string of the molecule is CC(C)(C)c1ccc2nc3c(c(N4CCOCC4)c2c1)CCCO3.COc1c2c(nc3c1CCCO3)CCC2.Cc1c2c(nc3ccc(C(C)(C)C)cc13)OC(C)CC2. The lowest BCUT2D eigenvalue weighted by atomic mass is 9.85. The van der Waals surface area contributed by atoms with Gasteiger partial charge in [0.25, 0.3) is 0 Å². The summed E-state index contributed by atoms with van der Waals surface area (Å²) in [7, 11) is 1.75. The summed E-state index contributed by atoms with van der Waals surface area (Å²) in [6.07, 6.45) is 10.0. The zero-order valence-corrected chi connectivity index (χ0v) is 37.0. The first-order chi connectivity index (χ1) is 28.3. The first kappa shape index (κ1) is 41.1. The number of aromatic nitrogens is 3. The van der Waals surface area contributed by atoms with Crippen LogP contribution in [0.5, 0.6) is 23.4 Å². The molecule has 9 heteroatoms. The van der Waals surface area contributed by atoms with E-state index in [0.717, 1.165) is 125 Å². The summed E-state index contributed by atoms with van der Waals surface area (Å²) >= 11 is 0. The lowest BCUT2D eigenvalue weighted by Crippen LogP contribution is -2.37. The second kappa shape index (κ2) is 16.8. The third-order valence-corrected chi connectivity index (χ3v) is 12.6. The van der Waals surface area contributed by atoms with Crippen LogP contribution in [0.15, 0.2) is 36.4 Å². The van der Waals surface area contributed by atoms with E-state index in [0.29, 0.717) is 0 Å². The number of fused-ring (bicyclic) bond motifs is 6. The van der Waals surface area contributed by atoms with Gasteiger partial charge in [-0.1, -0.05) is 53.7 Å². The second-order valence-corrected chi connectivity index (χ2v) is 18.9. The van der Waals surface area contributed by atoms with Gasteiger partial charge in [0.1, 0.15) is 5.75 Å². The number of hydrogen-bond acceptors (Lipinski definition) is 9. The average molecular weight is 801 g/mol. The van der Waals surface area contributed by atoms with Gasteiger partial charge < -0.3 is 28.6 Å². The van der Waals surface area contributed by atoms with Gasteiger partial charge in [-0.05, 0) is 123 Å². The van der Waals surface area contributed by atoms with E-state index >= 15 is 0 Å². The quantitative estimate of drug-likeness (QED) is 0.173. The molecule has 1 atom stereocenters. The molecule has 0 amide bonds. The molecule has 0 N–H and O–H groups in total. The number of hydrogen-bond donors (Lipinski definition) is 0. The van der Waals surface area contributed by atoms with Crippen molar-refractivity contribution in [2.45, 2.75) is 130 Å². The molecule has 1 saturated heterocycles. The molecule has 7 heterocycles. The Kier molecular flexibility index (Phi) is 11.7. The fraction of sp³-hybridized carbons (Fsp3) is 0.540. The van der Waals surface area contributed by atoms with Crippen LogP contribution in [0.3, 0.4) is 0 Å². The van der Waals surface area contributed by atoms with Gasteiger partial charge in [-0.15, -0.1) is 0 Å². The van der Waals surface area contributed by atoms with E-state index in [-0.39, 0.29) is 16.9 Å². The first-order valence-electron chi connectivity index (χ1n) is 22.0. The summed E-state index contributed by atoms with van der Waals surface area (Å²) in [5, 5.41) is 2.53. The Morgan fingerprint density at radius 2 is 1.24 bits per heavy atom. The third kappa shape index (κ3) is 8.55. The maximum absolute atomic E-state index is 5.91. The summed E-state index contributed by atoms with van der Waals surface area (Å²) in [4.78, 5) is 16.6. The van der Waals surface area contributed by atoms with E-state index in [2.05, 4.69) is 102 Å². The van der Waals surface area contributed by atoms with Crippen molar-refractivity contribution in [3.8, 4) is 23.4 Å². The molecule has 0 spiro atoms. The van der Waals surface area contributed by atoms with E-state index in [1.54, 1.807) is 7.11 Å². The second-order valence-electron chi connectivity index (χ2n) is 18.9. The van der Waals surface area contributed by atoms with Crippen LogP contribution in [0.4, 0.5) is 5.69 Å². The van der Waals surface area contributed by atoms with E-state index in [9.17, 15) is 0 Å². The van der Waals surface area contributed by atoms with Crippen LogP contribution in [-0.4, -0.2) is 67.7 Å². The van der Waals surface area contributed by atoms with Crippen molar-refractivity contribution >= 4 is 27.5 Å². The summed E-state index contributed by atoms with van der Waals surface area (Å²) in [5.41, 5.74) is 14.0. The van der Waals surface area contributed by atoms with Crippen molar-refractivity contribution in [3.63, 3.8) is 0 Å². The van der Waals surface area contributed by atoms with Crippen LogP contribution in [-0.2, 0) is 47.7 Å². The predicted molar refractivity (Wildman–Crippen MR) is 238 cm³/mol. The number of ether oxygens (including phenoxy) is 5. The average Bonchev–Trinajstić information content (AvgIpc) is 3.70. The Morgan fingerprint density at radius 1 is 0.644 bits per heavy atom. The molecule has 4 aliphatic heterocycles. The fourth-order valence-electron chi connectivity index (χ4n) is 9.10. The molecule has 9 nitrogen and oxygen atoms in total. The molecule has 5 aliphatic rings. The zero-order valence-electron chi connectivity index (χ0n) is 37.0. The summed E-state index contributed by atoms with van der Waals surface area (Å²) in [5.74, 6) is 3.54. The number of anilines is 1. The van der Waals surface area contributed by atoms with Crippen LogP contribution < -0.4 is 23.8 Å². The first-order valence-corrected chi connectivity index (χ1v) is 22.0. The van der Waals surface area contributed by atoms with E-state index < -0.39 is 0 Å². The van der Waals surface area contributed by atoms with Crippen molar-refractivity contribution in [1.82, 2.24) is 15.0 Å². The molecule has 314 valence electrons. The molecule has 3 aromatic heterocycles. The molecule has 0 saturated carbocycles. The van der Waals surface area contributed by atoms with Crippen LogP contribution >= 0.6 is 0 Å². The Labute approximate surface area is 351 Å². The van der Waals surface area contributed by atoms with Crippen molar-refractivity contribution in [3.05, 3.63) is 81.0 Å². The Balaban J connectivity index is 0.000000126. The molecule has 0 radical (unpaired) electrons. The van der Waals surface area contributed by atoms with E-state index in [1.807, 2.05) is 0 Å². The van der Waals surface area contributed by atoms with Gasteiger partial charge in [-0.25, -0.2) is 15.0 Å². The molecular formula is C50H64N4O5. The number of rotatable bonds is 2. The van der Waals surface area contributed by atoms with Crippen LogP contribution in [0.2, 0.25) is 0 Å². The lowest BCUT2D eigenvalue weighted by Gasteiger charge is -2.33. The number of methoxy groups -OCH3 is 1. The predicted octanol–water partition coefficient (Wildman–Crippen LogP) is 10.2. The maximum Gasteiger partial charge on any atom is 0.220 e. The van der Waals surface area contributed by atoms with Gasteiger partial charge in [-0.3, -0.25) is 0 Å². The Morgan fingerprint density at radius 3 is 1.90 bits per heavy atom. The minimum Gasteiger partial charge on any atom is -0.496 e. The van der Waals surface area contributed by atoms with Gasteiger partial charge >= 0.3 is 0 Å². The smallest absolute Gasteiger partial charge is 0.220 e. The Bertz CT molecular complexity index is 2340. The fourth-order valence-corrected chi connectivity index (χ4v) is 9.10. The van der Waals surface area contributed by atoms with Gasteiger partial charge in [0, 0.05) is 40.6 Å². The molecular weight excluding hydrogens is 737 g/mol. The van der Waals surface area contributed by atoms with Crippen LogP contribution in [0, 0.1) is 6.92 Å². The zero-order chi connectivity index (χ0) is 41.5. The normalized spacial score (nSPS) is 18.4. The highest BCUT2D eigenvalue weighted by Crippen LogP contribution is 2.42. The highest BCUT2D eigenvalue weighted by molar-refractivity contribution is 5.95. The molecule has 10 rings (SSSR count). The largest absolute Gasteiger partial charge is 0.496 e.